The van der Waals surface area contributed by atoms with E-state index in [9.17, 15) is 10.1 Å². The average molecular weight is 312 g/mol. The van der Waals surface area contributed by atoms with Gasteiger partial charge in [0.05, 0.1) is 4.92 Å². The molecule has 0 amide bonds. The molecule has 0 N–H and O–H groups in total. The molecular weight excluding hydrogens is 300 g/mol. The number of nitro groups is 1. The van der Waals surface area contributed by atoms with Gasteiger partial charge in [-0.25, -0.2) is 0 Å². The minimum Gasteiger partial charge on any atom is -0.270 e. The molecule has 0 radical (unpaired) electrons. The number of hydrogen-bond donors (Lipinski definition) is 0. The van der Waals surface area contributed by atoms with Crippen LogP contribution in [0.2, 0.25) is 0 Å². The van der Waals surface area contributed by atoms with E-state index in [-0.39, 0.29) is 5.69 Å². The van der Waals surface area contributed by atoms with Gasteiger partial charge in [-0.3, -0.25) is 14.7 Å². The Morgan fingerprint density at radius 3 is 2.32 bits per heavy atom. The maximum Gasteiger partial charge on any atom is 0.269 e. The highest BCUT2D eigenvalue weighted by atomic mass is 32.2. The van der Waals surface area contributed by atoms with Crippen LogP contribution in [0.4, 0.5) is 5.69 Å². The Labute approximate surface area is 131 Å². The monoisotopic (exact) mass is 312 g/mol. The Kier molecular flexibility index (Phi) is 3.88. The Morgan fingerprint density at radius 2 is 1.73 bits per heavy atom. The molecule has 110 valence electrons. The van der Waals surface area contributed by atoms with Crippen LogP contribution in [0.25, 0.3) is 17.1 Å². The van der Waals surface area contributed by atoms with Crippen molar-refractivity contribution in [3.05, 3.63) is 64.7 Å². The van der Waals surface area contributed by atoms with E-state index in [1.165, 1.54) is 23.9 Å². The van der Waals surface area contributed by atoms with Crippen LogP contribution in [0, 0.1) is 10.1 Å². The van der Waals surface area contributed by atoms with Gasteiger partial charge in [0.25, 0.3) is 5.69 Å². The van der Waals surface area contributed by atoms with Crippen molar-refractivity contribution in [2.24, 2.45) is 0 Å². The third-order valence-corrected chi connectivity index (χ3v) is 3.80. The molecule has 0 saturated carbocycles. The van der Waals surface area contributed by atoms with Gasteiger partial charge in [-0.15, -0.1) is 10.2 Å². The lowest BCUT2D eigenvalue weighted by atomic mass is 10.2. The van der Waals surface area contributed by atoms with E-state index in [1.807, 2.05) is 41.2 Å². The highest BCUT2D eigenvalue weighted by Crippen LogP contribution is 2.27. The molecule has 3 aromatic rings. The third-order valence-electron chi connectivity index (χ3n) is 3.17. The number of aromatic nitrogens is 3. The smallest absolute Gasteiger partial charge is 0.269 e. The zero-order chi connectivity index (χ0) is 15.5. The second-order valence-electron chi connectivity index (χ2n) is 4.49. The van der Waals surface area contributed by atoms with E-state index in [0.717, 1.165) is 16.4 Å². The van der Waals surface area contributed by atoms with Gasteiger partial charge in [0, 0.05) is 23.4 Å². The molecule has 1 heterocycles. The van der Waals surface area contributed by atoms with E-state index < -0.39 is 4.92 Å². The fraction of sp³-hybridized carbons (Fsp3) is 0.0667. The van der Waals surface area contributed by atoms with E-state index in [1.54, 1.807) is 12.1 Å². The average Bonchev–Trinajstić information content (AvgIpc) is 2.99. The summed E-state index contributed by atoms with van der Waals surface area (Å²) < 4.78 is 1.94. The Morgan fingerprint density at radius 1 is 1.05 bits per heavy atom. The molecule has 0 atom stereocenters. The summed E-state index contributed by atoms with van der Waals surface area (Å²) in [4.78, 5) is 10.3. The Bertz CT molecular complexity index is 800. The van der Waals surface area contributed by atoms with E-state index >= 15 is 0 Å². The summed E-state index contributed by atoms with van der Waals surface area (Å²) in [5.41, 5.74) is 1.78. The van der Waals surface area contributed by atoms with Crippen LogP contribution in [0.5, 0.6) is 0 Å². The van der Waals surface area contributed by atoms with E-state index in [0.29, 0.717) is 5.82 Å². The van der Waals surface area contributed by atoms with Gasteiger partial charge in [-0.05, 0) is 30.5 Å². The minimum absolute atomic E-state index is 0.0552. The summed E-state index contributed by atoms with van der Waals surface area (Å²) in [5.74, 6) is 0.658. The zero-order valence-electron chi connectivity index (χ0n) is 11.7. The number of thioether (sulfide) groups is 1. The lowest BCUT2D eigenvalue weighted by Crippen LogP contribution is -1.99. The Hall–Kier alpha value is -2.67. The van der Waals surface area contributed by atoms with Crippen molar-refractivity contribution < 1.29 is 4.92 Å². The first kappa shape index (κ1) is 14.3. The molecule has 0 bridgehead atoms. The number of nitrogens with zero attached hydrogens (tertiary/aromatic N) is 4. The van der Waals surface area contributed by atoms with Gasteiger partial charge in [-0.1, -0.05) is 30.0 Å². The summed E-state index contributed by atoms with van der Waals surface area (Å²) >= 11 is 1.49. The number of non-ortho nitro benzene ring substituents is 1. The predicted octanol–water partition coefficient (Wildman–Crippen LogP) is 3.56. The quantitative estimate of drug-likeness (QED) is 0.418. The molecule has 7 heteroatoms. The highest BCUT2D eigenvalue weighted by molar-refractivity contribution is 7.98. The maximum atomic E-state index is 10.8. The second-order valence-corrected chi connectivity index (χ2v) is 5.26. The zero-order valence-corrected chi connectivity index (χ0v) is 12.5. The normalized spacial score (nSPS) is 10.6. The SMILES string of the molecule is CSc1nnc(-c2ccc([N+](=O)[O-])cc2)n1-c1ccccc1. The van der Waals surface area contributed by atoms with Crippen LogP contribution >= 0.6 is 11.8 Å². The van der Waals surface area contributed by atoms with E-state index in [4.69, 9.17) is 0 Å². The van der Waals surface area contributed by atoms with Crippen LogP contribution in [-0.4, -0.2) is 25.9 Å². The van der Waals surface area contributed by atoms with E-state index in [2.05, 4.69) is 10.2 Å². The molecule has 22 heavy (non-hydrogen) atoms. The fourth-order valence-corrected chi connectivity index (χ4v) is 2.63. The molecule has 6 nitrogen and oxygen atoms in total. The molecule has 0 unspecified atom stereocenters. The van der Waals surface area contributed by atoms with Crippen LogP contribution < -0.4 is 0 Å². The number of rotatable bonds is 4. The van der Waals surface area contributed by atoms with Crippen molar-refractivity contribution in [1.82, 2.24) is 14.8 Å². The van der Waals surface area contributed by atoms with Gasteiger partial charge < -0.3 is 0 Å². The van der Waals surface area contributed by atoms with Crippen molar-refractivity contribution in [1.29, 1.82) is 0 Å². The summed E-state index contributed by atoms with van der Waals surface area (Å²) in [7, 11) is 0. The molecular formula is C15H12N4O2S. The van der Waals surface area contributed by atoms with Crippen LogP contribution in [0.1, 0.15) is 0 Å². The predicted molar refractivity (Wildman–Crippen MR) is 85.2 cm³/mol. The first-order valence-electron chi connectivity index (χ1n) is 6.50. The van der Waals surface area contributed by atoms with Crippen LogP contribution in [-0.2, 0) is 0 Å². The van der Waals surface area contributed by atoms with Crippen molar-refractivity contribution in [3.8, 4) is 17.1 Å². The molecule has 0 saturated heterocycles. The fourth-order valence-electron chi connectivity index (χ4n) is 2.13. The summed E-state index contributed by atoms with van der Waals surface area (Å²) in [6.07, 6.45) is 1.93. The van der Waals surface area contributed by atoms with Crippen LogP contribution in [0.3, 0.4) is 0 Å². The van der Waals surface area contributed by atoms with Crippen molar-refractivity contribution in [2.75, 3.05) is 6.26 Å². The topological polar surface area (TPSA) is 73.8 Å². The van der Waals surface area contributed by atoms with Gasteiger partial charge >= 0.3 is 0 Å². The first-order valence-corrected chi connectivity index (χ1v) is 7.73. The molecule has 3 rings (SSSR count). The Balaban J connectivity index is 2.12. The minimum atomic E-state index is -0.418. The van der Waals surface area contributed by atoms with Crippen molar-refractivity contribution >= 4 is 17.4 Å². The van der Waals surface area contributed by atoms with Crippen molar-refractivity contribution in [3.63, 3.8) is 0 Å². The lowest BCUT2D eigenvalue weighted by molar-refractivity contribution is -0.384. The number of nitro benzene ring substituents is 1. The van der Waals surface area contributed by atoms with Gasteiger partial charge in [0.15, 0.2) is 11.0 Å². The second kappa shape index (κ2) is 5.98. The lowest BCUT2D eigenvalue weighted by Gasteiger charge is -2.09. The number of benzene rings is 2. The highest BCUT2D eigenvalue weighted by Gasteiger charge is 2.15. The summed E-state index contributed by atoms with van der Waals surface area (Å²) in [6, 6.07) is 16.1. The van der Waals surface area contributed by atoms with Gasteiger partial charge in [-0.2, -0.15) is 0 Å². The largest absolute Gasteiger partial charge is 0.270 e. The molecule has 0 fully saturated rings. The van der Waals surface area contributed by atoms with Gasteiger partial charge in [0.1, 0.15) is 0 Å². The molecule has 1 aromatic heterocycles. The molecule has 0 aliphatic rings. The summed E-state index contributed by atoms with van der Waals surface area (Å²) in [5, 5.41) is 19.9. The molecule has 0 spiro atoms. The molecule has 0 aliphatic heterocycles. The van der Waals surface area contributed by atoms with Crippen molar-refractivity contribution in [2.45, 2.75) is 5.16 Å². The van der Waals surface area contributed by atoms with Crippen LogP contribution in [0.15, 0.2) is 59.8 Å². The maximum absolute atomic E-state index is 10.8. The first-order chi connectivity index (χ1) is 10.7. The van der Waals surface area contributed by atoms with Gasteiger partial charge in [0.2, 0.25) is 0 Å². The third kappa shape index (κ3) is 2.58. The standard InChI is InChI=1S/C15H12N4O2S/c1-22-15-17-16-14(18(15)12-5-3-2-4-6-12)11-7-9-13(10-8-11)19(20)21/h2-10H,1H3. The summed E-state index contributed by atoms with van der Waals surface area (Å²) in [6.45, 7) is 0. The molecule has 0 aliphatic carbocycles. The molecule has 2 aromatic carbocycles. The number of para-hydroxylation sites is 1. The number of hydrogen-bond acceptors (Lipinski definition) is 5.